The highest BCUT2D eigenvalue weighted by molar-refractivity contribution is 9.10. The lowest BCUT2D eigenvalue weighted by atomic mass is 9.95. The molecule has 1 fully saturated rings. The maximum atomic E-state index is 12.7. The molecule has 8 nitrogen and oxygen atoms in total. The Balaban J connectivity index is 1.78. The average Bonchev–Trinajstić information content (AvgIpc) is 3.19. The third kappa shape index (κ3) is 4.11. The van der Waals surface area contributed by atoms with Gasteiger partial charge in [0.1, 0.15) is 5.56 Å². The van der Waals surface area contributed by atoms with Crippen molar-refractivity contribution in [1.82, 2.24) is 14.6 Å². The highest BCUT2D eigenvalue weighted by atomic mass is 79.9. The lowest BCUT2D eigenvalue weighted by Gasteiger charge is -2.25. The molecule has 1 amide bonds. The van der Waals surface area contributed by atoms with Crippen molar-refractivity contribution in [2.75, 3.05) is 0 Å². The number of nitrogens with zero attached hydrogens (tertiary/aromatic N) is 3. The lowest BCUT2D eigenvalue weighted by Crippen LogP contribution is -2.36. The number of hydrazone groups is 1. The van der Waals surface area contributed by atoms with E-state index in [0.717, 1.165) is 42.1 Å². The molecule has 1 aromatic carbocycles. The monoisotopic (exact) mass is 488 g/mol. The van der Waals surface area contributed by atoms with Crippen LogP contribution in [-0.2, 0) is 4.79 Å². The number of hydrogen-bond acceptors (Lipinski definition) is 5. The highest BCUT2D eigenvalue weighted by Crippen LogP contribution is 2.36. The highest BCUT2D eigenvalue weighted by Gasteiger charge is 2.35. The summed E-state index contributed by atoms with van der Waals surface area (Å²) in [7, 11) is 0. The Morgan fingerprint density at radius 3 is 2.52 bits per heavy atom. The molecule has 9 heteroatoms. The van der Waals surface area contributed by atoms with E-state index in [2.05, 4.69) is 26.0 Å². The number of aromatic amines is 1. The number of aromatic hydroxyl groups is 1. The molecule has 1 aliphatic carbocycles. The summed E-state index contributed by atoms with van der Waals surface area (Å²) >= 11 is 3.41. The van der Waals surface area contributed by atoms with Crippen molar-refractivity contribution >= 4 is 27.5 Å². The summed E-state index contributed by atoms with van der Waals surface area (Å²) in [4.78, 5) is 40.1. The molecule has 4 rings (SSSR count). The summed E-state index contributed by atoms with van der Waals surface area (Å²) in [6, 6.07) is 7.02. The van der Waals surface area contributed by atoms with Gasteiger partial charge in [-0.1, -0.05) is 54.2 Å². The van der Waals surface area contributed by atoms with Gasteiger partial charge in [-0.3, -0.25) is 19.1 Å². The van der Waals surface area contributed by atoms with Gasteiger partial charge in [-0.25, -0.2) is 9.80 Å². The van der Waals surface area contributed by atoms with Crippen molar-refractivity contribution in [3.8, 4) is 5.88 Å². The Labute approximate surface area is 187 Å². The van der Waals surface area contributed by atoms with Crippen LogP contribution in [0.2, 0.25) is 0 Å². The first-order valence-corrected chi connectivity index (χ1v) is 11.4. The van der Waals surface area contributed by atoms with Gasteiger partial charge in [-0.2, -0.15) is 5.10 Å². The minimum absolute atomic E-state index is 0.0290. The van der Waals surface area contributed by atoms with Crippen LogP contribution >= 0.6 is 15.9 Å². The standard InChI is InChI=1S/C22H25BrN4O4/c1-2-18(28)27-17(13-8-10-14(23)11-9-13)12-16(25-27)19-20(29)24-22(31)26(21(19)30)15-6-4-3-5-7-15/h8-11,15,17,30H,2-7,12H2,1H3,(H,24,29,31)/t17-/m1/s1. The van der Waals surface area contributed by atoms with Gasteiger partial charge in [0.05, 0.1) is 11.8 Å². The second kappa shape index (κ2) is 8.82. The van der Waals surface area contributed by atoms with Crippen LogP contribution in [0.25, 0.3) is 0 Å². The molecule has 0 radical (unpaired) electrons. The fourth-order valence-corrected chi connectivity index (χ4v) is 4.74. The number of halogens is 1. The number of carbonyl (C=O) groups is 1. The summed E-state index contributed by atoms with van der Waals surface area (Å²) in [6.45, 7) is 1.75. The molecule has 0 saturated heterocycles. The second-order valence-electron chi connectivity index (χ2n) is 8.03. The molecule has 31 heavy (non-hydrogen) atoms. The summed E-state index contributed by atoms with van der Waals surface area (Å²) in [5, 5.41) is 16.8. The number of hydrogen-bond donors (Lipinski definition) is 2. The molecule has 1 atom stereocenters. The zero-order valence-electron chi connectivity index (χ0n) is 17.3. The van der Waals surface area contributed by atoms with E-state index in [0.29, 0.717) is 5.71 Å². The molecule has 1 aromatic heterocycles. The van der Waals surface area contributed by atoms with E-state index in [4.69, 9.17) is 0 Å². The normalized spacial score (nSPS) is 19.5. The Kier molecular flexibility index (Phi) is 6.13. The van der Waals surface area contributed by atoms with Crippen LogP contribution in [0.4, 0.5) is 0 Å². The number of rotatable bonds is 4. The Morgan fingerprint density at radius 1 is 1.19 bits per heavy atom. The largest absolute Gasteiger partial charge is 0.494 e. The number of nitrogens with one attached hydrogen (secondary N) is 1. The Morgan fingerprint density at radius 2 is 1.87 bits per heavy atom. The maximum Gasteiger partial charge on any atom is 0.331 e. The van der Waals surface area contributed by atoms with Gasteiger partial charge in [0.15, 0.2) is 0 Å². The van der Waals surface area contributed by atoms with Crippen molar-refractivity contribution in [2.24, 2.45) is 5.10 Å². The van der Waals surface area contributed by atoms with E-state index in [1.165, 1.54) is 9.58 Å². The third-order valence-corrected chi connectivity index (χ3v) is 6.60. The minimum Gasteiger partial charge on any atom is -0.494 e. The van der Waals surface area contributed by atoms with E-state index >= 15 is 0 Å². The summed E-state index contributed by atoms with van der Waals surface area (Å²) in [6.07, 6.45) is 5.10. The van der Waals surface area contributed by atoms with Crippen LogP contribution in [0.15, 0.2) is 43.4 Å². The van der Waals surface area contributed by atoms with Crippen molar-refractivity contribution in [3.63, 3.8) is 0 Å². The molecule has 164 valence electrons. The van der Waals surface area contributed by atoms with Crippen LogP contribution in [0.3, 0.4) is 0 Å². The van der Waals surface area contributed by atoms with Gasteiger partial charge in [0.2, 0.25) is 11.8 Å². The van der Waals surface area contributed by atoms with Crippen LogP contribution in [0.1, 0.15) is 75.1 Å². The fraction of sp³-hybridized carbons (Fsp3) is 0.455. The molecule has 0 unspecified atom stereocenters. The zero-order chi connectivity index (χ0) is 22.1. The molecule has 2 heterocycles. The molecule has 1 aliphatic heterocycles. The van der Waals surface area contributed by atoms with Gasteiger partial charge in [0, 0.05) is 23.4 Å². The Hall–Kier alpha value is -2.68. The lowest BCUT2D eigenvalue weighted by molar-refractivity contribution is -0.132. The van der Waals surface area contributed by atoms with Gasteiger partial charge in [-0.15, -0.1) is 0 Å². The second-order valence-corrected chi connectivity index (χ2v) is 8.95. The average molecular weight is 489 g/mol. The van der Waals surface area contributed by atoms with E-state index in [1.807, 2.05) is 24.3 Å². The quantitative estimate of drug-likeness (QED) is 0.684. The summed E-state index contributed by atoms with van der Waals surface area (Å²) in [5.74, 6) is -0.542. The number of carbonyl (C=O) groups excluding carboxylic acids is 1. The van der Waals surface area contributed by atoms with Crippen molar-refractivity contribution in [2.45, 2.75) is 64.0 Å². The number of aromatic nitrogens is 2. The SMILES string of the molecule is CCC(=O)N1N=C(c2c(O)n(C3CCCCC3)c(=O)[nH]c2=O)C[C@@H]1c1ccc(Br)cc1. The first-order chi connectivity index (χ1) is 14.9. The summed E-state index contributed by atoms with van der Waals surface area (Å²) < 4.78 is 2.20. The maximum absolute atomic E-state index is 12.7. The van der Waals surface area contributed by atoms with Gasteiger partial charge < -0.3 is 5.11 Å². The van der Waals surface area contributed by atoms with Crippen molar-refractivity contribution in [1.29, 1.82) is 0 Å². The van der Waals surface area contributed by atoms with Crippen LogP contribution in [0.5, 0.6) is 5.88 Å². The zero-order valence-corrected chi connectivity index (χ0v) is 18.9. The molecule has 0 spiro atoms. The molecule has 1 saturated carbocycles. The number of amides is 1. The van der Waals surface area contributed by atoms with Crippen molar-refractivity contribution in [3.05, 3.63) is 60.7 Å². The van der Waals surface area contributed by atoms with Crippen LogP contribution in [0, 0.1) is 0 Å². The van der Waals surface area contributed by atoms with E-state index in [1.54, 1.807) is 6.92 Å². The molecule has 0 bridgehead atoms. The Bertz CT molecular complexity index is 1130. The molecular formula is C22H25BrN4O4. The van der Waals surface area contributed by atoms with Gasteiger partial charge in [0.25, 0.3) is 5.56 Å². The van der Waals surface area contributed by atoms with Crippen molar-refractivity contribution < 1.29 is 9.90 Å². The smallest absolute Gasteiger partial charge is 0.331 e. The molecular weight excluding hydrogens is 464 g/mol. The summed E-state index contributed by atoms with van der Waals surface area (Å²) in [5.41, 5.74) is -0.145. The van der Waals surface area contributed by atoms with Crippen LogP contribution in [-0.4, -0.2) is 31.3 Å². The molecule has 2 N–H and O–H groups in total. The van der Waals surface area contributed by atoms with E-state index < -0.39 is 11.2 Å². The molecule has 2 aliphatic rings. The number of benzene rings is 1. The van der Waals surface area contributed by atoms with E-state index in [-0.39, 0.29) is 42.3 Å². The van der Waals surface area contributed by atoms with E-state index in [9.17, 15) is 19.5 Å². The predicted octanol–water partition coefficient (Wildman–Crippen LogP) is 3.60. The van der Waals surface area contributed by atoms with Gasteiger partial charge >= 0.3 is 5.69 Å². The minimum atomic E-state index is -0.686. The van der Waals surface area contributed by atoms with Crippen LogP contribution < -0.4 is 11.2 Å². The first-order valence-electron chi connectivity index (χ1n) is 10.6. The molecule has 2 aromatic rings. The first kappa shape index (κ1) is 21.5. The number of H-pyrrole nitrogens is 1. The van der Waals surface area contributed by atoms with Gasteiger partial charge in [-0.05, 0) is 30.5 Å². The topological polar surface area (TPSA) is 108 Å². The predicted molar refractivity (Wildman–Crippen MR) is 120 cm³/mol. The fourth-order valence-electron chi connectivity index (χ4n) is 4.47. The third-order valence-electron chi connectivity index (χ3n) is 6.07.